The van der Waals surface area contributed by atoms with E-state index in [1.807, 2.05) is 0 Å². The fourth-order valence-corrected chi connectivity index (χ4v) is 5.89. The number of hydrogen-bond acceptors (Lipinski definition) is 0. The predicted octanol–water partition coefficient (Wildman–Crippen LogP) is 6.17. The summed E-state index contributed by atoms with van der Waals surface area (Å²) in [5, 5.41) is 0. The molecule has 2 heteroatoms. The molecule has 0 radical (unpaired) electrons. The smallest absolute Gasteiger partial charge is 0.0545 e. The lowest BCUT2D eigenvalue weighted by atomic mass is 10.1. The van der Waals surface area contributed by atoms with Gasteiger partial charge in [-0.15, -0.1) is 0 Å². The third kappa shape index (κ3) is 6.89. The summed E-state index contributed by atoms with van der Waals surface area (Å²) in [6, 6.07) is 18.2. The summed E-state index contributed by atoms with van der Waals surface area (Å²) in [4.78, 5) is 0. The Hall–Kier alpha value is -1.12. The summed E-state index contributed by atoms with van der Waals surface area (Å²) in [5.41, 5.74) is 5.51. The molecule has 0 saturated carbocycles. The lowest BCUT2D eigenvalue weighted by Crippen LogP contribution is -2.10. The average molecular weight is 387 g/mol. The van der Waals surface area contributed by atoms with Crippen molar-refractivity contribution in [3.05, 3.63) is 70.8 Å². The Bertz CT molecular complexity index is 588. The molecule has 0 nitrogen and oxygen atoms in total. The maximum Gasteiger partial charge on any atom is 0.133 e. The van der Waals surface area contributed by atoms with Gasteiger partial charge in [0, 0.05) is 11.1 Å². The standard InChI is InChI=1S/C24H34S2/c1-5-25(6-2)19-23-15-11-21(12-16-23)9-10-22-13-17-24(18-14-22)20-26(7-3)8-4/h9-18H,5-8,19-20H2,1-4H3/q+2/b10-9+. The Balaban J connectivity index is 1.94. The summed E-state index contributed by atoms with van der Waals surface area (Å²) < 4.78 is 0. The van der Waals surface area contributed by atoms with Gasteiger partial charge in [-0.2, -0.15) is 0 Å². The van der Waals surface area contributed by atoms with Gasteiger partial charge in [0.1, 0.15) is 34.5 Å². The molecule has 0 unspecified atom stereocenters. The molecule has 2 rings (SSSR count). The average Bonchev–Trinajstić information content (AvgIpc) is 2.70. The monoisotopic (exact) mass is 386 g/mol. The Morgan fingerprint density at radius 3 is 1.12 bits per heavy atom. The first kappa shape index (κ1) is 21.2. The van der Waals surface area contributed by atoms with Crippen LogP contribution < -0.4 is 0 Å². The van der Waals surface area contributed by atoms with Crippen molar-refractivity contribution in [3.63, 3.8) is 0 Å². The Kier molecular flexibility index (Phi) is 9.42. The zero-order chi connectivity index (χ0) is 18.8. The van der Waals surface area contributed by atoms with Gasteiger partial charge in [0.25, 0.3) is 0 Å². The van der Waals surface area contributed by atoms with Crippen molar-refractivity contribution >= 4 is 33.9 Å². The molecular weight excluding hydrogens is 352 g/mol. The highest BCUT2D eigenvalue weighted by molar-refractivity contribution is 7.96. The van der Waals surface area contributed by atoms with E-state index in [9.17, 15) is 0 Å². The first-order valence-electron chi connectivity index (χ1n) is 9.82. The van der Waals surface area contributed by atoms with Crippen LogP contribution in [0.25, 0.3) is 12.2 Å². The SMILES string of the molecule is CC[S+](CC)Cc1ccc(/C=C/c2ccc(C[S+](CC)CC)cc2)cc1. The third-order valence-electron chi connectivity index (χ3n) is 4.80. The Labute approximate surface area is 166 Å². The molecule has 0 saturated heterocycles. The summed E-state index contributed by atoms with van der Waals surface area (Å²) in [5.74, 6) is 7.65. The van der Waals surface area contributed by atoms with E-state index >= 15 is 0 Å². The van der Waals surface area contributed by atoms with E-state index in [1.54, 1.807) is 0 Å². The van der Waals surface area contributed by atoms with Crippen molar-refractivity contribution in [2.75, 3.05) is 23.0 Å². The lowest BCUT2D eigenvalue weighted by Gasteiger charge is -2.05. The fourth-order valence-electron chi connectivity index (χ4n) is 2.93. The zero-order valence-electron chi connectivity index (χ0n) is 16.8. The molecule has 26 heavy (non-hydrogen) atoms. The van der Waals surface area contributed by atoms with Crippen molar-refractivity contribution in [3.8, 4) is 0 Å². The second kappa shape index (κ2) is 11.6. The molecule has 0 fully saturated rings. The van der Waals surface area contributed by atoms with E-state index in [-0.39, 0.29) is 0 Å². The van der Waals surface area contributed by atoms with Gasteiger partial charge in [0.2, 0.25) is 0 Å². The zero-order valence-corrected chi connectivity index (χ0v) is 18.5. The van der Waals surface area contributed by atoms with Gasteiger partial charge < -0.3 is 0 Å². The minimum atomic E-state index is 0.545. The maximum absolute atomic E-state index is 2.31. The first-order valence-corrected chi connectivity index (χ1v) is 13.3. The first-order chi connectivity index (χ1) is 12.7. The van der Waals surface area contributed by atoms with Crippen molar-refractivity contribution < 1.29 is 0 Å². The van der Waals surface area contributed by atoms with E-state index in [1.165, 1.54) is 56.8 Å². The molecule has 0 atom stereocenters. The van der Waals surface area contributed by atoms with E-state index < -0.39 is 0 Å². The highest BCUT2D eigenvalue weighted by atomic mass is 32.2. The molecule has 0 amide bonds. The second-order valence-electron chi connectivity index (χ2n) is 6.48. The number of hydrogen-bond donors (Lipinski definition) is 0. The Morgan fingerprint density at radius 2 is 0.846 bits per heavy atom. The van der Waals surface area contributed by atoms with Crippen molar-refractivity contribution in [2.45, 2.75) is 39.2 Å². The van der Waals surface area contributed by atoms with Crippen LogP contribution in [0.2, 0.25) is 0 Å². The van der Waals surface area contributed by atoms with Crippen LogP contribution in [0.4, 0.5) is 0 Å². The number of benzene rings is 2. The van der Waals surface area contributed by atoms with Crippen LogP contribution in [0, 0.1) is 0 Å². The van der Waals surface area contributed by atoms with Crippen LogP contribution in [0.15, 0.2) is 48.5 Å². The quantitative estimate of drug-likeness (QED) is 0.338. The molecule has 0 aliphatic rings. The lowest BCUT2D eigenvalue weighted by molar-refractivity contribution is 1.33. The van der Waals surface area contributed by atoms with Gasteiger partial charge in [-0.25, -0.2) is 0 Å². The van der Waals surface area contributed by atoms with Crippen molar-refractivity contribution in [1.82, 2.24) is 0 Å². The molecule has 2 aromatic carbocycles. The highest BCUT2D eigenvalue weighted by Crippen LogP contribution is 2.15. The molecular formula is C24H34S2+2. The largest absolute Gasteiger partial charge is 0.133 e. The van der Waals surface area contributed by atoms with E-state index in [0.29, 0.717) is 21.8 Å². The van der Waals surface area contributed by atoms with Crippen molar-refractivity contribution in [2.24, 2.45) is 0 Å². The minimum absolute atomic E-state index is 0.545. The molecule has 2 aromatic rings. The van der Waals surface area contributed by atoms with Crippen LogP contribution in [-0.4, -0.2) is 23.0 Å². The van der Waals surface area contributed by atoms with Crippen LogP contribution in [0.3, 0.4) is 0 Å². The summed E-state index contributed by atoms with van der Waals surface area (Å²) >= 11 is 0. The van der Waals surface area contributed by atoms with E-state index in [0.717, 1.165) is 0 Å². The molecule has 0 aliphatic heterocycles. The molecule has 0 spiro atoms. The van der Waals surface area contributed by atoms with Crippen LogP contribution in [0.5, 0.6) is 0 Å². The maximum atomic E-state index is 2.31. The Morgan fingerprint density at radius 1 is 0.538 bits per heavy atom. The minimum Gasteiger partial charge on any atom is -0.0545 e. The van der Waals surface area contributed by atoms with E-state index in [4.69, 9.17) is 0 Å². The van der Waals surface area contributed by atoms with E-state index in [2.05, 4.69) is 88.4 Å². The molecule has 0 heterocycles. The topological polar surface area (TPSA) is 0 Å². The van der Waals surface area contributed by atoms with Gasteiger partial charge in [-0.3, -0.25) is 0 Å². The highest BCUT2D eigenvalue weighted by Gasteiger charge is 2.13. The van der Waals surface area contributed by atoms with Crippen molar-refractivity contribution in [1.29, 1.82) is 0 Å². The fraction of sp³-hybridized carbons (Fsp3) is 0.417. The normalized spacial score (nSPS) is 11.8. The third-order valence-corrected chi connectivity index (χ3v) is 9.55. The van der Waals surface area contributed by atoms with Crippen LogP contribution >= 0.6 is 0 Å². The van der Waals surface area contributed by atoms with Gasteiger partial charge in [0.05, 0.1) is 0 Å². The summed E-state index contributed by atoms with van der Waals surface area (Å²) in [7, 11) is 1.09. The van der Waals surface area contributed by atoms with Crippen LogP contribution in [-0.2, 0) is 33.3 Å². The molecule has 140 valence electrons. The predicted molar refractivity (Wildman–Crippen MR) is 126 cm³/mol. The summed E-state index contributed by atoms with van der Waals surface area (Å²) in [6.45, 7) is 9.22. The molecule has 0 bridgehead atoms. The van der Waals surface area contributed by atoms with Gasteiger partial charge in [-0.05, 0) is 60.6 Å². The van der Waals surface area contributed by atoms with Gasteiger partial charge in [-0.1, -0.05) is 60.7 Å². The molecule has 0 N–H and O–H groups in total. The second-order valence-corrected chi connectivity index (χ2v) is 11.8. The molecule has 0 aromatic heterocycles. The van der Waals surface area contributed by atoms with Crippen LogP contribution in [0.1, 0.15) is 49.9 Å². The number of rotatable bonds is 10. The molecule has 0 aliphatic carbocycles. The summed E-state index contributed by atoms with van der Waals surface area (Å²) in [6.07, 6.45) is 4.45. The van der Waals surface area contributed by atoms with Gasteiger partial charge >= 0.3 is 0 Å². The van der Waals surface area contributed by atoms with Gasteiger partial charge in [0.15, 0.2) is 0 Å².